The van der Waals surface area contributed by atoms with Gasteiger partial charge in [-0.05, 0) is 50.3 Å². The van der Waals surface area contributed by atoms with Gasteiger partial charge in [0, 0.05) is 12.0 Å². The standard InChI is InChI=1S/C15H23NO/c1-10-4-5-13(6-11(10)2)8-15(16)14-7-12(3)17-9-14/h4-6,12,14-15H,7-9,16H2,1-3H3. The summed E-state index contributed by atoms with van der Waals surface area (Å²) in [7, 11) is 0. The second kappa shape index (κ2) is 5.19. The lowest BCUT2D eigenvalue weighted by Crippen LogP contribution is -2.32. The maximum absolute atomic E-state index is 6.28. The van der Waals surface area contributed by atoms with Crippen LogP contribution in [0.5, 0.6) is 0 Å². The molecule has 17 heavy (non-hydrogen) atoms. The number of hydrogen-bond acceptors (Lipinski definition) is 2. The van der Waals surface area contributed by atoms with E-state index in [-0.39, 0.29) is 6.04 Å². The zero-order valence-electron chi connectivity index (χ0n) is 11.1. The Labute approximate surface area is 104 Å². The Morgan fingerprint density at radius 3 is 2.71 bits per heavy atom. The van der Waals surface area contributed by atoms with E-state index in [1.165, 1.54) is 16.7 Å². The van der Waals surface area contributed by atoms with E-state index in [2.05, 4.69) is 39.0 Å². The van der Waals surface area contributed by atoms with Gasteiger partial charge in [0.1, 0.15) is 0 Å². The Morgan fingerprint density at radius 1 is 1.35 bits per heavy atom. The van der Waals surface area contributed by atoms with Gasteiger partial charge in [0.25, 0.3) is 0 Å². The first kappa shape index (κ1) is 12.6. The average molecular weight is 233 g/mol. The van der Waals surface area contributed by atoms with E-state index in [1.54, 1.807) is 0 Å². The fraction of sp³-hybridized carbons (Fsp3) is 0.600. The Bertz CT molecular complexity index is 389. The summed E-state index contributed by atoms with van der Waals surface area (Å²) in [5.41, 5.74) is 10.3. The van der Waals surface area contributed by atoms with Crippen LogP contribution in [0.2, 0.25) is 0 Å². The van der Waals surface area contributed by atoms with Gasteiger partial charge in [-0.3, -0.25) is 0 Å². The van der Waals surface area contributed by atoms with Crippen LogP contribution in [0.3, 0.4) is 0 Å². The molecular formula is C15H23NO. The van der Waals surface area contributed by atoms with Crippen molar-refractivity contribution < 1.29 is 4.74 Å². The fourth-order valence-electron chi connectivity index (χ4n) is 2.52. The lowest BCUT2D eigenvalue weighted by molar-refractivity contribution is 0.118. The topological polar surface area (TPSA) is 35.2 Å². The summed E-state index contributed by atoms with van der Waals surface area (Å²) in [6, 6.07) is 6.86. The summed E-state index contributed by atoms with van der Waals surface area (Å²) in [5, 5.41) is 0. The maximum atomic E-state index is 6.28. The van der Waals surface area contributed by atoms with Crippen LogP contribution in [0.4, 0.5) is 0 Å². The summed E-state index contributed by atoms with van der Waals surface area (Å²) in [6.45, 7) is 7.26. The number of ether oxygens (including phenoxy) is 1. The van der Waals surface area contributed by atoms with E-state index in [0.717, 1.165) is 19.4 Å². The van der Waals surface area contributed by atoms with Gasteiger partial charge in [-0.25, -0.2) is 0 Å². The highest BCUT2D eigenvalue weighted by Crippen LogP contribution is 2.23. The van der Waals surface area contributed by atoms with Gasteiger partial charge in [0.15, 0.2) is 0 Å². The molecule has 0 amide bonds. The summed E-state index contributed by atoms with van der Waals surface area (Å²) >= 11 is 0. The average Bonchev–Trinajstić information content (AvgIpc) is 2.70. The predicted molar refractivity (Wildman–Crippen MR) is 71.1 cm³/mol. The second-order valence-corrected chi connectivity index (χ2v) is 5.43. The molecule has 0 spiro atoms. The second-order valence-electron chi connectivity index (χ2n) is 5.43. The van der Waals surface area contributed by atoms with E-state index < -0.39 is 0 Å². The van der Waals surface area contributed by atoms with Gasteiger partial charge in [0.05, 0.1) is 12.7 Å². The van der Waals surface area contributed by atoms with Crippen molar-refractivity contribution in [2.24, 2.45) is 11.7 Å². The predicted octanol–water partition coefficient (Wildman–Crippen LogP) is 2.60. The summed E-state index contributed by atoms with van der Waals surface area (Å²) in [6.07, 6.45) is 2.44. The van der Waals surface area contributed by atoms with Crippen molar-refractivity contribution in [3.63, 3.8) is 0 Å². The molecule has 0 radical (unpaired) electrons. The Balaban J connectivity index is 1.98. The van der Waals surface area contributed by atoms with Gasteiger partial charge in [-0.1, -0.05) is 18.2 Å². The molecule has 3 unspecified atom stereocenters. The van der Waals surface area contributed by atoms with Crippen molar-refractivity contribution in [3.05, 3.63) is 34.9 Å². The Kier molecular flexibility index (Phi) is 3.85. The summed E-state index contributed by atoms with van der Waals surface area (Å²) in [4.78, 5) is 0. The van der Waals surface area contributed by atoms with Crippen LogP contribution in [-0.2, 0) is 11.2 Å². The summed E-state index contributed by atoms with van der Waals surface area (Å²) in [5.74, 6) is 0.520. The van der Waals surface area contributed by atoms with Crippen LogP contribution in [0.25, 0.3) is 0 Å². The molecule has 1 aromatic rings. The molecule has 94 valence electrons. The van der Waals surface area contributed by atoms with Crippen molar-refractivity contribution in [2.45, 2.75) is 45.8 Å². The molecule has 2 rings (SSSR count). The Hall–Kier alpha value is -0.860. The molecule has 0 saturated carbocycles. The van der Waals surface area contributed by atoms with Crippen LogP contribution in [0.15, 0.2) is 18.2 Å². The molecular weight excluding hydrogens is 210 g/mol. The Morgan fingerprint density at radius 2 is 2.12 bits per heavy atom. The third-order valence-corrected chi connectivity index (χ3v) is 3.88. The highest BCUT2D eigenvalue weighted by molar-refractivity contribution is 5.30. The maximum Gasteiger partial charge on any atom is 0.0551 e. The van der Waals surface area contributed by atoms with Crippen LogP contribution in [0, 0.1) is 19.8 Å². The van der Waals surface area contributed by atoms with Crippen LogP contribution >= 0.6 is 0 Å². The van der Waals surface area contributed by atoms with Gasteiger partial charge < -0.3 is 10.5 Å². The quantitative estimate of drug-likeness (QED) is 0.871. The number of aryl methyl sites for hydroxylation is 2. The molecule has 2 heteroatoms. The van der Waals surface area contributed by atoms with E-state index in [0.29, 0.717) is 12.0 Å². The highest BCUT2D eigenvalue weighted by atomic mass is 16.5. The largest absolute Gasteiger partial charge is 0.378 e. The zero-order valence-corrected chi connectivity index (χ0v) is 11.1. The number of nitrogens with two attached hydrogens (primary N) is 1. The minimum absolute atomic E-state index is 0.224. The molecule has 1 saturated heterocycles. The molecule has 1 aliphatic heterocycles. The van der Waals surface area contributed by atoms with Gasteiger partial charge >= 0.3 is 0 Å². The van der Waals surface area contributed by atoms with Crippen molar-refractivity contribution in [1.29, 1.82) is 0 Å². The third kappa shape index (κ3) is 3.08. The smallest absolute Gasteiger partial charge is 0.0551 e. The first-order valence-corrected chi connectivity index (χ1v) is 6.49. The molecule has 1 heterocycles. The molecule has 2 N–H and O–H groups in total. The van der Waals surface area contributed by atoms with Crippen LogP contribution < -0.4 is 5.73 Å². The van der Waals surface area contributed by atoms with E-state index in [1.807, 2.05) is 0 Å². The zero-order chi connectivity index (χ0) is 12.4. The monoisotopic (exact) mass is 233 g/mol. The van der Waals surface area contributed by atoms with Crippen molar-refractivity contribution in [1.82, 2.24) is 0 Å². The SMILES string of the molecule is Cc1ccc(CC(N)C2COC(C)C2)cc1C. The molecule has 0 bridgehead atoms. The third-order valence-electron chi connectivity index (χ3n) is 3.88. The van der Waals surface area contributed by atoms with Crippen LogP contribution in [-0.4, -0.2) is 18.8 Å². The van der Waals surface area contributed by atoms with E-state index in [9.17, 15) is 0 Å². The van der Waals surface area contributed by atoms with Crippen molar-refractivity contribution in [2.75, 3.05) is 6.61 Å². The minimum Gasteiger partial charge on any atom is -0.378 e. The fourth-order valence-corrected chi connectivity index (χ4v) is 2.52. The van der Waals surface area contributed by atoms with E-state index >= 15 is 0 Å². The van der Waals surface area contributed by atoms with Gasteiger partial charge in [-0.2, -0.15) is 0 Å². The van der Waals surface area contributed by atoms with E-state index in [4.69, 9.17) is 10.5 Å². The summed E-state index contributed by atoms with van der Waals surface area (Å²) < 4.78 is 5.59. The number of rotatable bonds is 3. The van der Waals surface area contributed by atoms with Crippen LogP contribution in [0.1, 0.15) is 30.0 Å². The molecule has 0 aliphatic carbocycles. The van der Waals surface area contributed by atoms with Crippen molar-refractivity contribution >= 4 is 0 Å². The molecule has 2 nitrogen and oxygen atoms in total. The first-order valence-electron chi connectivity index (χ1n) is 6.49. The van der Waals surface area contributed by atoms with Gasteiger partial charge in [0.2, 0.25) is 0 Å². The molecule has 3 atom stereocenters. The minimum atomic E-state index is 0.224. The molecule has 0 aromatic heterocycles. The number of benzene rings is 1. The lowest BCUT2D eigenvalue weighted by atomic mass is 9.91. The molecule has 1 fully saturated rings. The normalized spacial score (nSPS) is 26.1. The number of hydrogen-bond donors (Lipinski definition) is 1. The van der Waals surface area contributed by atoms with Crippen molar-refractivity contribution in [3.8, 4) is 0 Å². The van der Waals surface area contributed by atoms with Gasteiger partial charge in [-0.15, -0.1) is 0 Å². The lowest BCUT2D eigenvalue weighted by Gasteiger charge is -2.18. The highest BCUT2D eigenvalue weighted by Gasteiger charge is 2.27. The first-order chi connectivity index (χ1) is 8.06. The molecule has 1 aromatic carbocycles. The molecule has 1 aliphatic rings.